The third-order valence-corrected chi connectivity index (χ3v) is 13.4. The Labute approximate surface area is 350 Å². The van der Waals surface area contributed by atoms with Gasteiger partial charge in [0.05, 0.1) is 11.1 Å². The molecule has 3 heteroatoms. The molecule has 0 aliphatic carbocycles. The zero-order chi connectivity index (χ0) is 39.4. The van der Waals surface area contributed by atoms with Crippen molar-refractivity contribution in [1.82, 2.24) is 0 Å². The fourth-order valence-electron chi connectivity index (χ4n) is 11.0. The van der Waals surface area contributed by atoms with Gasteiger partial charge in [-0.1, -0.05) is 188 Å². The van der Waals surface area contributed by atoms with Gasteiger partial charge in [0, 0.05) is 28.3 Å². The smallest absolute Gasteiger partial charge is 0.333 e. The molecule has 13 rings (SSSR count). The quantitative estimate of drug-likeness (QED) is 0.165. The SMILES string of the molecule is c1ccc(-c2ccc(N3B4c5cccc6c5N(c5ccccc5C6(c5ccccc5)c5ccccc5)c5cc6ccccc6c(c54)-c4cc5ccccc5cc43)cc2)cc1. The predicted octanol–water partition coefficient (Wildman–Crippen LogP) is 13.1. The Morgan fingerprint density at radius 1 is 0.400 bits per heavy atom. The van der Waals surface area contributed by atoms with Gasteiger partial charge in [0.25, 0.3) is 0 Å². The highest BCUT2D eigenvalue weighted by molar-refractivity contribution is 6.94. The topological polar surface area (TPSA) is 6.48 Å². The van der Waals surface area contributed by atoms with E-state index in [0.29, 0.717) is 0 Å². The third-order valence-electron chi connectivity index (χ3n) is 13.4. The Morgan fingerprint density at radius 2 is 0.967 bits per heavy atom. The molecule has 2 nitrogen and oxygen atoms in total. The van der Waals surface area contributed by atoms with Gasteiger partial charge in [-0.05, 0) is 108 Å². The third kappa shape index (κ3) is 4.49. The Morgan fingerprint density at radius 3 is 1.70 bits per heavy atom. The highest BCUT2D eigenvalue weighted by atomic mass is 15.2. The molecule has 0 spiro atoms. The maximum absolute atomic E-state index is 2.65. The fraction of sp³-hybridized carbons (Fsp3) is 0.0175. The maximum Gasteiger partial charge on any atom is 0.333 e. The van der Waals surface area contributed by atoms with E-state index in [1.54, 1.807) is 0 Å². The first-order valence-corrected chi connectivity index (χ1v) is 21.0. The van der Waals surface area contributed by atoms with E-state index in [9.17, 15) is 0 Å². The molecule has 0 atom stereocenters. The monoisotopic (exact) mass is 760 g/mol. The Hall–Kier alpha value is -7.62. The van der Waals surface area contributed by atoms with Gasteiger partial charge in [0.2, 0.25) is 0 Å². The van der Waals surface area contributed by atoms with Crippen LogP contribution in [0.4, 0.5) is 28.4 Å². The van der Waals surface area contributed by atoms with E-state index < -0.39 is 5.41 Å². The minimum absolute atomic E-state index is 0.114. The van der Waals surface area contributed by atoms with Crippen molar-refractivity contribution in [3.8, 4) is 22.3 Å². The molecule has 0 fully saturated rings. The molecule has 0 saturated carbocycles. The van der Waals surface area contributed by atoms with Crippen molar-refractivity contribution in [2.45, 2.75) is 5.41 Å². The molecule has 60 heavy (non-hydrogen) atoms. The Bertz CT molecular complexity index is 3280. The van der Waals surface area contributed by atoms with Crippen molar-refractivity contribution in [3.05, 3.63) is 247 Å². The van der Waals surface area contributed by atoms with Gasteiger partial charge in [0.1, 0.15) is 0 Å². The van der Waals surface area contributed by atoms with Gasteiger partial charge >= 0.3 is 6.85 Å². The van der Waals surface area contributed by atoms with Crippen molar-refractivity contribution in [2.24, 2.45) is 0 Å². The summed E-state index contributed by atoms with van der Waals surface area (Å²) in [5.41, 5.74) is 18.3. The normalized spacial score (nSPS) is 14.0. The van der Waals surface area contributed by atoms with Crippen LogP contribution in [0.25, 0.3) is 43.8 Å². The van der Waals surface area contributed by atoms with Crippen molar-refractivity contribution in [1.29, 1.82) is 0 Å². The van der Waals surface area contributed by atoms with Crippen LogP contribution in [0.5, 0.6) is 0 Å². The van der Waals surface area contributed by atoms with E-state index in [0.717, 1.165) is 0 Å². The van der Waals surface area contributed by atoms with Gasteiger partial charge in [-0.15, -0.1) is 0 Å². The average Bonchev–Trinajstić information content (AvgIpc) is 3.32. The molecule has 0 aromatic heterocycles. The van der Waals surface area contributed by atoms with E-state index in [1.165, 1.54) is 105 Å². The van der Waals surface area contributed by atoms with Crippen LogP contribution in [0, 0.1) is 0 Å². The molecule has 3 aliphatic heterocycles. The summed E-state index contributed by atoms with van der Waals surface area (Å²) in [4.78, 5) is 5.27. The Balaban J connectivity index is 1.18. The second-order valence-electron chi connectivity index (χ2n) is 16.4. The largest absolute Gasteiger partial charge is 0.376 e. The lowest BCUT2D eigenvalue weighted by atomic mass is 9.42. The summed E-state index contributed by atoms with van der Waals surface area (Å²) in [6, 6.07) is 83.8. The van der Waals surface area contributed by atoms with E-state index in [4.69, 9.17) is 0 Å². The number of rotatable bonds is 4. The van der Waals surface area contributed by atoms with E-state index in [2.05, 4.69) is 234 Å². The summed E-state index contributed by atoms with van der Waals surface area (Å²) < 4.78 is 0. The summed E-state index contributed by atoms with van der Waals surface area (Å²) in [6.07, 6.45) is 0. The van der Waals surface area contributed by atoms with Crippen LogP contribution in [0.3, 0.4) is 0 Å². The van der Waals surface area contributed by atoms with Crippen LogP contribution in [0.1, 0.15) is 22.3 Å². The molecule has 0 saturated heterocycles. The summed E-state index contributed by atoms with van der Waals surface area (Å²) in [5.74, 6) is 0. The zero-order valence-corrected chi connectivity index (χ0v) is 32.8. The summed E-state index contributed by atoms with van der Waals surface area (Å²) in [6.45, 7) is -0.114. The maximum atomic E-state index is 2.65. The van der Waals surface area contributed by atoms with Crippen molar-refractivity contribution in [2.75, 3.05) is 9.71 Å². The highest BCUT2D eigenvalue weighted by Crippen LogP contribution is 2.59. The van der Waals surface area contributed by atoms with Gasteiger partial charge in [-0.25, -0.2) is 0 Å². The molecule has 10 aromatic rings. The Kier molecular flexibility index (Phi) is 7.06. The molecule has 3 heterocycles. The van der Waals surface area contributed by atoms with Gasteiger partial charge in [-0.3, -0.25) is 0 Å². The van der Waals surface area contributed by atoms with Gasteiger partial charge in [-0.2, -0.15) is 0 Å². The van der Waals surface area contributed by atoms with E-state index >= 15 is 0 Å². The summed E-state index contributed by atoms with van der Waals surface area (Å²) >= 11 is 0. The van der Waals surface area contributed by atoms with Crippen LogP contribution in [-0.4, -0.2) is 6.85 Å². The molecular formula is C57H37BN2. The molecule has 10 aromatic carbocycles. The average molecular weight is 761 g/mol. The van der Waals surface area contributed by atoms with Crippen molar-refractivity contribution >= 4 is 67.8 Å². The molecular weight excluding hydrogens is 723 g/mol. The summed E-state index contributed by atoms with van der Waals surface area (Å²) in [7, 11) is 0. The van der Waals surface area contributed by atoms with E-state index in [-0.39, 0.29) is 6.85 Å². The van der Waals surface area contributed by atoms with Crippen molar-refractivity contribution < 1.29 is 0 Å². The first-order chi connectivity index (χ1) is 29.8. The molecule has 0 amide bonds. The van der Waals surface area contributed by atoms with Crippen LogP contribution >= 0.6 is 0 Å². The van der Waals surface area contributed by atoms with Crippen molar-refractivity contribution in [3.63, 3.8) is 0 Å². The number of nitrogens with zero attached hydrogens (tertiary/aromatic N) is 2. The summed E-state index contributed by atoms with van der Waals surface area (Å²) in [5, 5.41) is 5.00. The molecule has 3 aliphatic rings. The first kappa shape index (κ1) is 33.4. The lowest BCUT2D eigenvalue weighted by Crippen LogP contribution is -2.62. The lowest BCUT2D eigenvalue weighted by Gasteiger charge is -2.52. The molecule has 278 valence electrons. The standard InChI is InChI=1S/C57H37BN2/c1-4-17-38(18-5-1)39-31-33-45(34-32-39)60-52-36-41-20-11-10-19-40(41)35-47(52)54-46-26-13-12-21-42(46)37-53-55(54)58(60)50-29-16-28-49-56(50)59(53)51-30-15-14-27-48(51)57(49,43-22-6-2-7-23-43)44-24-8-3-9-25-44/h1-37H. The lowest BCUT2D eigenvalue weighted by molar-refractivity contribution is 0.732. The second kappa shape index (κ2) is 12.7. The molecule has 0 unspecified atom stereocenters. The van der Waals surface area contributed by atoms with Crippen LogP contribution < -0.4 is 20.6 Å². The number of hydrogen-bond acceptors (Lipinski definition) is 2. The molecule has 0 N–H and O–H groups in total. The van der Waals surface area contributed by atoms with Gasteiger partial charge < -0.3 is 9.71 Å². The number of anilines is 5. The molecule has 0 bridgehead atoms. The minimum Gasteiger partial charge on any atom is -0.376 e. The first-order valence-electron chi connectivity index (χ1n) is 21.0. The number of benzene rings is 10. The van der Waals surface area contributed by atoms with Crippen LogP contribution in [-0.2, 0) is 5.41 Å². The van der Waals surface area contributed by atoms with Crippen LogP contribution in [0.15, 0.2) is 224 Å². The number of hydrogen-bond donors (Lipinski definition) is 0. The van der Waals surface area contributed by atoms with Gasteiger partial charge in [0.15, 0.2) is 0 Å². The molecule has 0 radical (unpaired) electrons. The second-order valence-corrected chi connectivity index (χ2v) is 16.4. The van der Waals surface area contributed by atoms with Crippen LogP contribution in [0.2, 0.25) is 0 Å². The predicted molar refractivity (Wildman–Crippen MR) is 252 cm³/mol. The number of para-hydroxylation sites is 2. The minimum atomic E-state index is -0.566. The van der Waals surface area contributed by atoms with E-state index in [1.807, 2.05) is 0 Å². The number of fused-ring (bicyclic) bond motifs is 9. The zero-order valence-electron chi connectivity index (χ0n) is 32.8. The highest BCUT2D eigenvalue weighted by Gasteiger charge is 2.53. The fourth-order valence-corrected chi connectivity index (χ4v) is 11.0.